The first-order chi connectivity index (χ1) is 8.79. The maximum Gasteiger partial charge on any atom is 0.0791 e. The second kappa shape index (κ2) is 6.85. The third kappa shape index (κ3) is 3.78. The highest BCUT2D eigenvalue weighted by Gasteiger charge is 2.17. The monoisotopic (exact) mass is 249 g/mol. The Kier molecular flexibility index (Phi) is 5.13. The number of nitrogens with one attached hydrogen (secondary N) is 1. The van der Waals surface area contributed by atoms with Gasteiger partial charge >= 0.3 is 0 Å². The van der Waals surface area contributed by atoms with Crippen LogP contribution in [0.15, 0.2) is 24.3 Å². The highest BCUT2D eigenvalue weighted by molar-refractivity contribution is 5.29. The Hall–Kier alpha value is -0.940. The molecule has 0 saturated carbocycles. The number of aliphatic hydroxyl groups is 1. The molecule has 1 heterocycles. The number of aliphatic hydroxyl groups excluding tert-OH is 1. The molecule has 0 aromatic heterocycles. The van der Waals surface area contributed by atoms with Gasteiger partial charge in [-0.2, -0.15) is 0 Å². The van der Waals surface area contributed by atoms with E-state index in [0.717, 1.165) is 32.6 Å². The molecule has 0 radical (unpaired) electrons. The molecular formula is C14H23N3O. The molecule has 1 aliphatic heterocycles. The van der Waals surface area contributed by atoms with Crippen LogP contribution in [-0.4, -0.2) is 48.8 Å². The molecule has 0 bridgehead atoms. The van der Waals surface area contributed by atoms with Gasteiger partial charge in [-0.15, -0.1) is 0 Å². The third-order valence-electron chi connectivity index (χ3n) is 3.38. The molecule has 1 aliphatic rings. The fourth-order valence-corrected chi connectivity index (χ4v) is 2.44. The number of nitrogens with zero attached hydrogens (tertiary/aromatic N) is 1. The van der Waals surface area contributed by atoms with Crippen LogP contribution in [0.3, 0.4) is 0 Å². The maximum absolute atomic E-state index is 9.93. The molecule has 18 heavy (non-hydrogen) atoms. The van der Waals surface area contributed by atoms with Crippen molar-refractivity contribution in [2.75, 3.05) is 32.7 Å². The third-order valence-corrected chi connectivity index (χ3v) is 3.38. The Morgan fingerprint density at radius 1 is 1.33 bits per heavy atom. The smallest absolute Gasteiger partial charge is 0.0791 e. The Morgan fingerprint density at radius 2 is 2.11 bits per heavy atom. The Labute approximate surface area is 109 Å². The number of β-amino-alcohol motifs (C(OH)–C–C–N with tert-alkyl or cyclic N) is 1. The van der Waals surface area contributed by atoms with Gasteiger partial charge < -0.3 is 16.2 Å². The molecule has 4 heteroatoms. The van der Waals surface area contributed by atoms with Crippen LogP contribution in [0.2, 0.25) is 0 Å². The van der Waals surface area contributed by atoms with Gasteiger partial charge in [0.05, 0.1) is 6.10 Å². The molecule has 1 atom stereocenters. The lowest BCUT2D eigenvalue weighted by Gasteiger charge is -2.30. The van der Waals surface area contributed by atoms with E-state index in [1.54, 1.807) is 0 Å². The minimum atomic E-state index is -0.318. The topological polar surface area (TPSA) is 61.5 Å². The van der Waals surface area contributed by atoms with Crippen molar-refractivity contribution in [2.24, 2.45) is 5.73 Å². The Balaban J connectivity index is 1.79. The van der Waals surface area contributed by atoms with Gasteiger partial charge in [-0.05, 0) is 17.5 Å². The minimum absolute atomic E-state index is 0.318. The summed E-state index contributed by atoms with van der Waals surface area (Å²) < 4.78 is 0. The fraction of sp³-hybridized carbons (Fsp3) is 0.571. The van der Waals surface area contributed by atoms with Crippen molar-refractivity contribution in [1.29, 1.82) is 0 Å². The highest BCUT2D eigenvalue weighted by Crippen LogP contribution is 2.18. The average Bonchev–Trinajstić information content (AvgIpc) is 2.39. The lowest BCUT2D eigenvalue weighted by atomic mass is 10.00. The zero-order valence-electron chi connectivity index (χ0n) is 10.8. The summed E-state index contributed by atoms with van der Waals surface area (Å²) in [5, 5.41) is 13.1. The van der Waals surface area contributed by atoms with Crippen molar-refractivity contribution in [3.63, 3.8) is 0 Å². The highest BCUT2D eigenvalue weighted by atomic mass is 16.3. The quantitative estimate of drug-likeness (QED) is 0.619. The molecule has 0 fully saturated rings. The predicted molar refractivity (Wildman–Crippen MR) is 73.4 cm³/mol. The minimum Gasteiger partial charge on any atom is -0.390 e. The molecule has 0 saturated heterocycles. The van der Waals surface area contributed by atoms with Gasteiger partial charge in [0.25, 0.3) is 0 Å². The zero-order valence-corrected chi connectivity index (χ0v) is 10.8. The summed E-state index contributed by atoms with van der Waals surface area (Å²) >= 11 is 0. The van der Waals surface area contributed by atoms with Crippen molar-refractivity contribution in [3.05, 3.63) is 35.4 Å². The van der Waals surface area contributed by atoms with Crippen molar-refractivity contribution < 1.29 is 5.11 Å². The molecule has 0 amide bonds. The number of hydrogen-bond donors (Lipinski definition) is 3. The standard InChI is InChI=1S/C14H23N3O/c15-6-7-16-9-14(18)11-17-8-5-12-3-1-2-4-13(12)10-17/h1-4,14,16,18H,5-11,15H2. The van der Waals surface area contributed by atoms with Crippen molar-refractivity contribution in [3.8, 4) is 0 Å². The summed E-state index contributed by atoms with van der Waals surface area (Å²) in [4.78, 5) is 2.32. The number of hydrogen-bond acceptors (Lipinski definition) is 4. The van der Waals surface area contributed by atoms with E-state index in [4.69, 9.17) is 5.73 Å². The van der Waals surface area contributed by atoms with Crippen LogP contribution in [0.25, 0.3) is 0 Å². The molecule has 1 aromatic rings. The van der Waals surface area contributed by atoms with E-state index in [-0.39, 0.29) is 6.10 Å². The molecule has 1 unspecified atom stereocenters. The van der Waals surface area contributed by atoms with Gasteiger partial charge in [-0.25, -0.2) is 0 Å². The van der Waals surface area contributed by atoms with Crippen LogP contribution in [0.1, 0.15) is 11.1 Å². The van der Waals surface area contributed by atoms with Crippen LogP contribution in [0, 0.1) is 0 Å². The van der Waals surface area contributed by atoms with E-state index in [1.807, 2.05) is 0 Å². The summed E-state index contributed by atoms with van der Waals surface area (Å²) in [7, 11) is 0. The van der Waals surface area contributed by atoms with Crippen molar-refractivity contribution in [2.45, 2.75) is 19.1 Å². The van der Waals surface area contributed by atoms with Gasteiger partial charge in [-0.3, -0.25) is 4.90 Å². The molecule has 0 aliphatic carbocycles. The lowest BCUT2D eigenvalue weighted by molar-refractivity contribution is 0.105. The average molecular weight is 249 g/mol. The normalized spacial score (nSPS) is 17.4. The van der Waals surface area contributed by atoms with Crippen LogP contribution >= 0.6 is 0 Å². The number of nitrogens with two attached hydrogens (primary N) is 1. The Bertz CT molecular complexity index is 370. The molecule has 100 valence electrons. The van der Waals surface area contributed by atoms with E-state index >= 15 is 0 Å². The van der Waals surface area contributed by atoms with Gasteiger partial charge in [0, 0.05) is 39.3 Å². The van der Waals surface area contributed by atoms with Gasteiger partial charge in [0.1, 0.15) is 0 Å². The van der Waals surface area contributed by atoms with E-state index < -0.39 is 0 Å². The number of fused-ring (bicyclic) bond motifs is 1. The van der Waals surface area contributed by atoms with Gasteiger partial charge in [-0.1, -0.05) is 24.3 Å². The van der Waals surface area contributed by atoms with E-state index in [1.165, 1.54) is 11.1 Å². The van der Waals surface area contributed by atoms with Crippen LogP contribution in [-0.2, 0) is 13.0 Å². The van der Waals surface area contributed by atoms with E-state index in [9.17, 15) is 5.11 Å². The summed E-state index contributed by atoms with van der Waals surface area (Å²) in [5.41, 5.74) is 8.24. The van der Waals surface area contributed by atoms with Crippen molar-refractivity contribution in [1.82, 2.24) is 10.2 Å². The summed E-state index contributed by atoms with van der Waals surface area (Å²) in [6.07, 6.45) is 0.765. The Morgan fingerprint density at radius 3 is 2.89 bits per heavy atom. The maximum atomic E-state index is 9.93. The van der Waals surface area contributed by atoms with Gasteiger partial charge in [0.15, 0.2) is 0 Å². The summed E-state index contributed by atoms with van der Waals surface area (Å²) in [5.74, 6) is 0. The molecule has 0 spiro atoms. The second-order valence-electron chi connectivity index (χ2n) is 4.90. The van der Waals surface area contributed by atoms with E-state index in [0.29, 0.717) is 13.1 Å². The second-order valence-corrected chi connectivity index (χ2v) is 4.90. The molecule has 4 nitrogen and oxygen atoms in total. The summed E-state index contributed by atoms with van der Waals surface area (Å²) in [6.45, 7) is 4.71. The molecule has 4 N–H and O–H groups in total. The largest absolute Gasteiger partial charge is 0.390 e. The van der Waals surface area contributed by atoms with Crippen LogP contribution in [0.5, 0.6) is 0 Å². The molecule has 2 rings (SSSR count). The summed E-state index contributed by atoms with van der Waals surface area (Å²) in [6, 6.07) is 8.56. The van der Waals surface area contributed by atoms with Crippen LogP contribution in [0.4, 0.5) is 0 Å². The molecule has 1 aromatic carbocycles. The SMILES string of the molecule is NCCNCC(O)CN1CCc2ccccc2C1. The first-order valence-electron chi connectivity index (χ1n) is 6.67. The van der Waals surface area contributed by atoms with E-state index in [2.05, 4.69) is 34.5 Å². The predicted octanol–water partition coefficient (Wildman–Crippen LogP) is -0.0461. The number of rotatable bonds is 6. The molecular weight excluding hydrogens is 226 g/mol. The van der Waals surface area contributed by atoms with Crippen LogP contribution < -0.4 is 11.1 Å². The number of benzene rings is 1. The zero-order chi connectivity index (χ0) is 12.8. The fourth-order valence-electron chi connectivity index (χ4n) is 2.44. The van der Waals surface area contributed by atoms with Gasteiger partial charge in [0.2, 0.25) is 0 Å². The lowest BCUT2D eigenvalue weighted by Crippen LogP contribution is -2.41. The first-order valence-corrected chi connectivity index (χ1v) is 6.67. The van der Waals surface area contributed by atoms with Crippen molar-refractivity contribution >= 4 is 0 Å². The first kappa shape index (κ1) is 13.5.